The van der Waals surface area contributed by atoms with E-state index in [-0.39, 0.29) is 17.0 Å². The van der Waals surface area contributed by atoms with Crippen LogP contribution < -0.4 is 10.2 Å². The Morgan fingerprint density at radius 1 is 1.03 bits per heavy atom. The molecule has 0 saturated heterocycles. The maximum Gasteiger partial charge on any atom is 0.258 e. The normalized spacial score (nSPS) is 13.8. The van der Waals surface area contributed by atoms with E-state index >= 15 is 0 Å². The van der Waals surface area contributed by atoms with Crippen LogP contribution in [0.1, 0.15) is 60.5 Å². The SMILES string of the molecule is CC.[B]C(=O)C(C)(C)CC(C)(C)Cc1ccc(N2C(=O)C=CC2=O)cc1NC(C)=O. The topological polar surface area (TPSA) is 83.6 Å². The van der Waals surface area contributed by atoms with Gasteiger partial charge in [0, 0.05) is 30.2 Å². The molecule has 0 aromatic heterocycles. The Labute approximate surface area is 180 Å². The minimum atomic E-state index is -0.669. The first-order valence-electron chi connectivity index (χ1n) is 10.1. The highest BCUT2D eigenvalue weighted by Crippen LogP contribution is 2.38. The van der Waals surface area contributed by atoms with Gasteiger partial charge in [0.2, 0.25) is 5.91 Å². The van der Waals surface area contributed by atoms with Crippen LogP contribution in [0, 0.1) is 10.8 Å². The van der Waals surface area contributed by atoms with Crippen molar-refractivity contribution in [3.63, 3.8) is 0 Å². The third-order valence-corrected chi connectivity index (χ3v) is 4.73. The lowest BCUT2D eigenvalue weighted by atomic mass is 9.66. The molecule has 0 aliphatic carbocycles. The van der Waals surface area contributed by atoms with Gasteiger partial charge in [-0.05, 0) is 36.0 Å². The van der Waals surface area contributed by atoms with Crippen molar-refractivity contribution >= 4 is 42.6 Å². The number of anilines is 2. The summed E-state index contributed by atoms with van der Waals surface area (Å²) >= 11 is 0. The van der Waals surface area contributed by atoms with Crippen LogP contribution in [0.5, 0.6) is 0 Å². The van der Waals surface area contributed by atoms with Gasteiger partial charge in [-0.2, -0.15) is 0 Å². The average Bonchev–Trinajstić information content (AvgIpc) is 2.95. The lowest BCUT2D eigenvalue weighted by Gasteiger charge is -2.34. The molecule has 6 nitrogen and oxygen atoms in total. The number of imide groups is 1. The summed E-state index contributed by atoms with van der Waals surface area (Å²) in [5.74, 6) is -1.10. The van der Waals surface area contributed by atoms with Crippen LogP contribution in [0.3, 0.4) is 0 Å². The van der Waals surface area contributed by atoms with Gasteiger partial charge in [-0.3, -0.25) is 14.4 Å². The van der Waals surface area contributed by atoms with E-state index in [1.54, 1.807) is 18.2 Å². The summed E-state index contributed by atoms with van der Waals surface area (Å²) in [5.41, 5.74) is 0.448. The van der Waals surface area contributed by atoms with Crippen molar-refractivity contribution in [3.05, 3.63) is 35.9 Å². The molecule has 160 valence electrons. The molecule has 1 heterocycles. The molecule has 1 aliphatic rings. The number of nitrogens with zero attached hydrogens (tertiary/aromatic N) is 1. The zero-order valence-electron chi connectivity index (χ0n) is 19.0. The first-order valence-corrected chi connectivity index (χ1v) is 10.1. The van der Waals surface area contributed by atoms with Crippen LogP contribution in [0.4, 0.5) is 11.4 Å². The van der Waals surface area contributed by atoms with Crippen LogP contribution in [0.2, 0.25) is 0 Å². The molecule has 7 heteroatoms. The molecule has 0 bridgehead atoms. The van der Waals surface area contributed by atoms with Gasteiger partial charge >= 0.3 is 0 Å². The van der Waals surface area contributed by atoms with Crippen molar-refractivity contribution in [1.29, 1.82) is 0 Å². The van der Waals surface area contributed by atoms with E-state index in [4.69, 9.17) is 7.85 Å². The van der Waals surface area contributed by atoms with Gasteiger partial charge in [0.25, 0.3) is 11.8 Å². The fraction of sp³-hybridized carbons (Fsp3) is 0.478. The summed E-state index contributed by atoms with van der Waals surface area (Å²) in [5, 5.41) is 2.77. The molecule has 1 aromatic carbocycles. The first-order chi connectivity index (χ1) is 13.8. The molecular formula is C23H31BN2O4. The number of rotatable bonds is 7. The van der Waals surface area contributed by atoms with E-state index in [0.29, 0.717) is 24.2 Å². The standard InChI is InChI=1S/C21H25BN2O4.C2H6/c1-13(25)23-16-10-15(24-17(26)8-9-18(24)27)7-6-14(16)11-20(2,3)12-21(4,5)19(22)28;1-2/h6-10H,11-12H2,1-5H3,(H,23,25);1-2H3. The molecule has 1 aromatic rings. The Kier molecular flexibility index (Phi) is 8.34. The maximum absolute atomic E-state index is 11.9. The van der Waals surface area contributed by atoms with Crippen LogP contribution >= 0.6 is 0 Å². The number of amides is 3. The minimum absolute atomic E-state index is 0.258. The summed E-state index contributed by atoms with van der Waals surface area (Å²) in [6.07, 6.45) is 3.55. The Hall–Kier alpha value is -2.70. The fourth-order valence-electron chi connectivity index (χ4n) is 3.68. The zero-order valence-corrected chi connectivity index (χ0v) is 19.0. The average molecular weight is 410 g/mol. The molecule has 0 saturated carbocycles. The number of carbonyl (C=O) groups excluding carboxylic acids is 4. The molecule has 2 radical (unpaired) electrons. The molecule has 2 rings (SSSR count). The molecule has 1 N–H and O–H groups in total. The lowest BCUT2D eigenvalue weighted by molar-refractivity contribution is -0.121. The summed E-state index contributed by atoms with van der Waals surface area (Å²) in [6, 6.07) is 5.09. The Bertz CT molecular complexity index is 854. The van der Waals surface area contributed by atoms with Gasteiger partial charge in [-0.15, -0.1) is 0 Å². The van der Waals surface area contributed by atoms with E-state index in [1.165, 1.54) is 19.1 Å². The van der Waals surface area contributed by atoms with Crippen molar-refractivity contribution in [2.45, 2.75) is 61.3 Å². The molecule has 0 spiro atoms. The second-order valence-electron chi connectivity index (χ2n) is 8.63. The van der Waals surface area contributed by atoms with Crippen LogP contribution in [-0.2, 0) is 25.6 Å². The van der Waals surface area contributed by atoms with Gasteiger partial charge in [-0.1, -0.05) is 47.6 Å². The second-order valence-corrected chi connectivity index (χ2v) is 8.63. The Morgan fingerprint density at radius 3 is 2.03 bits per heavy atom. The van der Waals surface area contributed by atoms with Crippen molar-refractivity contribution in [1.82, 2.24) is 0 Å². The van der Waals surface area contributed by atoms with Crippen LogP contribution in [0.25, 0.3) is 0 Å². The van der Waals surface area contributed by atoms with Gasteiger partial charge in [0.05, 0.1) is 11.4 Å². The number of nitrogens with one attached hydrogen (secondary N) is 1. The maximum atomic E-state index is 11.9. The van der Waals surface area contributed by atoms with Gasteiger partial charge in [0.1, 0.15) is 0 Å². The smallest absolute Gasteiger partial charge is 0.258 e. The van der Waals surface area contributed by atoms with Crippen molar-refractivity contribution in [2.24, 2.45) is 10.8 Å². The molecule has 0 unspecified atom stereocenters. The van der Waals surface area contributed by atoms with Crippen LogP contribution in [-0.4, -0.2) is 31.3 Å². The van der Waals surface area contributed by atoms with Gasteiger partial charge in [0.15, 0.2) is 7.85 Å². The van der Waals surface area contributed by atoms with Gasteiger partial charge < -0.3 is 10.1 Å². The molecule has 30 heavy (non-hydrogen) atoms. The summed E-state index contributed by atoms with van der Waals surface area (Å²) in [4.78, 5) is 48.3. The number of benzene rings is 1. The summed E-state index contributed by atoms with van der Waals surface area (Å²) in [6.45, 7) is 13.1. The van der Waals surface area contributed by atoms with E-state index in [0.717, 1.165) is 10.5 Å². The lowest BCUT2D eigenvalue weighted by Crippen LogP contribution is -2.32. The number of hydrogen-bond donors (Lipinski definition) is 1. The Balaban J connectivity index is 0.00000218. The molecule has 1 aliphatic heterocycles. The first kappa shape index (κ1) is 25.3. The van der Waals surface area contributed by atoms with E-state index in [2.05, 4.69) is 5.32 Å². The highest BCUT2D eigenvalue weighted by molar-refractivity contribution is 6.58. The van der Waals surface area contributed by atoms with Crippen LogP contribution in [0.15, 0.2) is 30.4 Å². The summed E-state index contributed by atoms with van der Waals surface area (Å²) in [7, 11) is 5.51. The third kappa shape index (κ3) is 6.41. The molecule has 0 atom stereocenters. The van der Waals surface area contributed by atoms with Crippen molar-refractivity contribution in [2.75, 3.05) is 10.2 Å². The fourth-order valence-corrected chi connectivity index (χ4v) is 3.68. The van der Waals surface area contributed by atoms with Crippen molar-refractivity contribution < 1.29 is 19.2 Å². The van der Waals surface area contributed by atoms with E-state index in [1.807, 2.05) is 41.5 Å². The monoisotopic (exact) mass is 410 g/mol. The minimum Gasteiger partial charge on any atom is -0.326 e. The third-order valence-electron chi connectivity index (χ3n) is 4.73. The quantitative estimate of drug-likeness (QED) is 0.548. The molecule has 3 amide bonds. The second kappa shape index (κ2) is 9.87. The van der Waals surface area contributed by atoms with E-state index in [9.17, 15) is 19.2 Å². The molecule has 0 fully saturated rings. The highest BCUT2D eigenvalue weighted by Gasteiger charge is 2.33. The molecular weight excluding hydrogens is 379 g/mol. The Morgan fingerprint density at radius 2 is 1.57 bits per heavy atom. The number of hydrogen-bond acceptors (Lipinski definition) is 4. The van der Waals surface area contributed by atoms with Gasteiger partial charge in [-0.25, -0.2) is 4.90 Å². The summed E-state index contributed by atoms with van der Waals surface area (Å²) < 4.78 is 0. The van der Waals surface area contributed by atoms with E-state index < -0.39 is 17.2 Å². The highest BCUT2D eigenvalue weighted by atomic mass is 16.2. The predicted molar refractivity (Wildman–Crippen MR) is 120 cm³/mol. The zero-order chi connectivity index (χ0) is 23.3. The largest absolute Gasteiger partial charge is 0.326 e. The predicted octanol–water partition coefficient (Wildman–Crippen LogP) is 3.78. The van der Waals surface area contributed by atoms with Crippen molar-refractivity contribution in [3.8, 4) is 0 Å². The number of carbonyl (C=O) groups is 4.